The predicted molar refractivity (Wildman–Crippen MR) is 98.7 cm³/mol. The number of ether oxygens (including phenoxy) is 1. The third-order valence-electron chi connectivity index (χ3n) is 4.62. The molecule has 0 unspecified atom stereocenters. The van der Waals surface area contributed by atoms with Crippen LogP contribution < -0.4 is 10.1 Å². The van der Waals surface area contributed by atoms with E-state index >= 15 is 0 Å². The van der Waals surface area contributed by atoms with Gasteiger partial charge in [0.1, 0.15) is 11.6 Å². The maximum Gasteiger partial charge on any atom is 0.176 e. The fourth-order valence-electron chi connectivity index (χ4n) is 3.13. The van der Waals surface area contributed by atoms with Crippen molar-refractivity contribution in [3.05, 3.63) is 60.1 Å². The summed E-state index contributed by atoms with van der Waals surface area (Å²) >= 11 is 0. The van der Waals surface area contributed by atoms with Crippen LogP contribution in [0.15, 0.2) is 52.9 Å². The van der Waals surface area contributed by atoms with Crippen LogP contribution in [-0.4, -0.2) is 16.7 Å². The minimum absolute atomic E-state index is 0.0666. The highest BCUT2D eigenvalue weighted by Gasteiger charge is 2.15. The van der Waals surface area contributed by atoms with Crippen molar-refractivity contribution < 1.29 is 9.15 Å². The lowest BCUT2D eigenvalue weighted by molar-refractivity contribution is 0.398. The molecule has 5 heteroatoms. The van der Waals surface area contributed by atoms with E-state index in [9.17, 15) is 0 Å². The van der Waals surface area contributed by atoms with Crippen LogP contribution in [0.1, 0.15) is 24.6 Å². The molecule has 2 heterocycles. The Balaban J connectivity index is 1.55. The molecule has 0 saturated carbocycles. The van der Waals surface area contributed by atoms with E-state index in [-0.39, 0.29) is 6.04 Å². The van der Waals surface area contributed by atoms with Crippen LogP contribution in [0, 0.1) is 0 Å². The average molecular weight is 335 g/mol. The van der Waals surface area contributed by atoms with E-state index < -0.39 is 0 Å². The summed E-state index contributed by atoms with van der Waals surface area (Å²) in [7, 11) is 3.70. The summed E-state index contributed by atoms with van der Waals surface area (Å²) in [6, 6.07) is 16.2. The van der Waals surface area contributed by atoms with Gasteiger partial charge in [0.05, 0.1) is 30.7 Å². The summed E-state index contributed by atoms with van der Waals surface area (Å²) < 4.78 is 13.5. The first kappa shape index (κ1) is 15.7. The van der Waals surface area contributed by atoms with Crippen LogP contribution in [-0.2, 0) is 13.6 Å². The second-order valence-corrected chi connectivity index (χ2v) is 6.21. The highest BCUT2D eigenvalue weighted by Crippen LogP contribution is 2.31. The standard InChI is InChI=1S/C20H21N3O2/c1-13(18-11-14-7-6-10-17(24-3)20(14)25-18)21-12-19-22-15-8-4-5-9-16(15)23(19)2/h4-11,13,21H,12H2,1-3H3/t13-/m0/s1. The molecule has 0 spiro atoms. The Bertz CT molecular complexity index is 1030. The number of benzene rings is 2. The van der Waals surface area contributed by atoms with Gasteiger partial charge in [-0.2, -0.15) is 0 Å². The third kappa shape index (κ3) is 2.76. The van der Waals surface area contributed by atoms with Crippen LogP contribution in [0.5, 0.6) is 5.75 Å². The van der Waals surface area contributed by atoms with Crippen LogP contribution in [0.4, 0.5) is 0 Å². The van der Waals surface area contributed by atoms with Gasteiger partial charge in [-0.1, -0.05) is 24.3 Å². The van der Waals surface area contributed by atoms with Gasteiger partial charge in [0.2, 0.25) is 0 Å². The maximum atomic E-state index is 6.01. The van der Waals surface area contributed by atoms with Crippen molar-refractivity contribution in [2.75, 3.05) is 7.11 Å². The molecule has 2 aromatic carbocycles. The number of aromatic nitrogens is 2. The van der Waals surface area contributed by atoms with Crippen molar-refractivity contribution in [2.24, 2.45) is 7.05 Å². The lowest BCUT2D eigenvalue weighted by atomic mass is 10.2. The second kappa shape index (κ2) is 6.26. The Labute approximate surface area is 146 Å². The van der Waals surface area contributed by atoms with Crippen molar-refractivity contribution >= 4 is 22.0 Å². The number of nitrogens with one attached hydrogen (secondary N) is 1. The molecule has 5 nitrogen and oxygen atoms in total. The molecule has 4 aromatic rings. The zero-order valence-corrected chi connectivity index (χ0v) is 14.6. The van der Waals surface area contributed by atoms with Gasteiger partial charge in [0, 0.05) is 12.4 Å². The zero-order chi connectivity index (χ0) is 17.4. The lowest BCUT2D eigenvalue weighted by Gasteiger charge is -2.11. The van der Waals surface area contributed by atoms with Crippen molar-refractivity contribution in [1.29, 1.82) is 0 Å². The molecule has 0 aliphatic carbocycles. The fraction of sp³-hybridized carbons (Fsp3) is 0.250. The number of hydrogen-bond acceptors (Lipinski definition) is 4. The number of methoxy groups -OCH3 is 1. The van der Waals surface area contributed by atoms with Crippen LogP contribution in [0.2, 0.25) is 0 Å². The minimum atomic E-state index is 0.0666. The van der Waals surface area contributed by atoms with Crippen LogP contribution in [0.25, 0.3) is 22.0 Å². The Morgan fingerprint density at radius 1 is 1.20 bits per heavy atom. The largest absolute Gasteiger partial charge is 0.493 e. The monoisotopic (exact) mass is 335 g/mol. The summed E-state index contributed by atoms with van der Waals surface area (Å²) in [5.41, 5.74) is 2.94. The highest BCUT2D eigenvalue weighted by atomic mass is 16.5. The SMILES string of the molecule is COc1cccc2cc([C@H](C)NCc3nc4ccccc4n3C)oc12. The number of imidazole rings is 1. The molecule has 128 valence electrons. The molecule has 0 amide bonds. The van der Waals surface area contributed by atoms with Crippen molar-refractivity contribution in [1.82, 2.24) is 14.9 Å². The smallest absolute Gasteiger partial charge is 0.176 e. The molecule has 4 rings (SSSR count). The van der Waals surface area contributed by atoms with E-state index in [4.69, 9.17) is 14.1 Å². The van der Waals surface area contributed by atoms with Gasteiger partial charge < -0.3 is 19.0 Å². The molecule has 0 fully saturated rings. The topological polar surface area (TPSA) is 52.2 Å². The molecule has 1 N–H and O–H groups in total. The minimum Gasteiger partial charge on any atom is -0.493 e. The summed E-state index contributed by atoms with van der Waals surface area (Å²) in [6.07, 6.45) is 0. The predicted octanol–water partition coefficient (Wildman–Crippen LogP) is 4.18. The molecular weight excluding hydrogens is 314 g/mol. The van der Waals surface area contributed by atoms with Crippen LogP contribution >= 0.6 is 0 Å². The molecule has 2 aromatic heterocycles. The van der Waals surface area contributed by atoms with Gasteiger partial charge in [-0.15, -0.1) is 0 Å². The molecule has 0 aliphatic heterocycles. The van der Waals surface area contributed by atoms with E-state index in [1.54, 1.807) is 7.11 Å². The van der Waals surface area contributed by atoms with E-state index in [0.29, 0.717) is 6.54 Å². The number of aryl methyl sites for hydroxylation is 1. The van der Waals surface area contributed by atoms with Crippen molar-refractivity contribution in [3.8, 4) is 5.75 Å². The molecular formula is C20H21N3O2. The van der Waals surface area contributed by atoms with Crippen LogP contribution in [0.3, 0.4) is 0 Å². The summed E-state index contributed by atoms with van der Waals surface area (Å²) in [5, 5.41) is 4.54. The number of hydrogen-bond donors (Lipinski definition) is 1. The Morgan fingerprint density at radius 3 is 2.84 bits per heavy atom. The molecule has 0 aliphatic rings. The first-order valence-electron chi connectivity index (χ1n) is 8.37. The van der Waals surface area contributed by atoms with E-state index in [2.05, 4.69) is 28.9 Å². The molecule has 1 atom stereocenters. The van der Waals surface area contributed by atoms with Gasteiger partial charge in [-0.25, -0.2) is 4.98 Å². The van der Waals surface area contributed by atoms with Gasteiger partial charge in [-0.05, 0) is 31.2 Å². The fourth-order valence-corrected chi connectivity index (χ4v) is 3.13. The Kier molecular flexibility index (Phi) is 3.93. The normalized spacial score (nSPS) is 12.8. The van der Waals surface area contributed by atoms with Gasteiger partial charge in [0.15, 0.2) is 11.3 Å². The average Bonchev–Trinajstić information content (AvgIpc) is 3.21. The summed E-state index contributed by atoms with van der Waals surface area (Å²) in [6.45, 7) is 2.76. The molecule has 0 radical (unpaired) electrons. The highest BCUT2D eigenvalue weighted by molar-refractivity contribution is 5.83. The Hall–Kier alpha value is -2.79. The maximum absolute atomic E-state index is 6.01. The quantitative estimate of drug-likeness (QED) is 0.594. The van der Waals surface area contributed by atoms with E-state index in [0.717, 1.165) is 39.3 Å². The first-order valence-corrected chi connectivity index (χ1v) is 8.37. The number of furan rings is 1. The molecule has 0 bridgehead atoms. The molecule has 0 saturated heterocycles. The van der Waals surface area contributed by atoms with Gasteiger partial charge in [0.25, 0.3) is 0 Å². The summed E-state index contributed by atoms with van der Waals surface area (Å²) in [5.74, 6) is 2.64. The van der Waals surface area contributed by atoms with Gasteiger partial charge in [-0.3, -0.25) is 0 Å². The lowest BCUT2D eigenvalue weighted by Crippen LogP contribution is -2.19. The molecule has 25 heavy (non-hydrogen) atoms. The number of fused-ring (bicyclic) bond motifs is 2. The number of rotatable bonds is 5. The van der Waals surface area contributed by atoms with Gasteiger partial charge >= 0.3 is 0 Å². The van der Waals surface area contributed by atoms with E-state index in [1.165, 1.54) is 0 Å². The number of nitrogens with zero attached hydrogens (tertiary/aromatic N) is 2. The number of para-hydroxylation sites is 3. The zero-order valence-electron chi connectivity index (χ0n) is 14.6. The third-order valence-corrected chi connectivity index (χ3v) is 4.62. The van der Waals surface area contributed by atoms with Crippen molar-refractivity contribution in [2.45, 2.75) is 19.5 Å². The van der Waals surface area contributed by atoms with E-state index in [1.807, 2.05) is 43.4 Å². The Morgan fingerprint density at radius 2 is 2.04 bits per heavy atom. The second-order valence-electron chi connectivity index (χ2n) is 6.21. The van der Waals surface area contributed by atoms with Crippen molar-refractivity contribution in [3.63, 3.8) is 0 Å². The summed E-state index contributed by atoms with van der Waals surface area (Å²) in [4.78, 5) is 4.70. The first-order chi connectivity index (χ1) is 12.2.